The van der Waals surface area contributed by atoms with E-state index in [9.17, 15) is 4.79 Å². The Morgan fingerprint density at radius 3 is 2.13 bits per heavy atom. The fourth-order valence-corrected chi connectivity index (χ4v) is 8.50. The Morgan fingerprint density at radius 2 is 1.60 bits per heavy atom. The quantitative estimate of drug-likeness (QED) is 0.0724. The van der Waals surface area contributed by atoms with Gasteiger partial charge in [-0.05, 0) is 89.6 Å². The van der Waals surface area contributed by atoms with Crippen molar-refractivity contribution in [2.75, 3.05) is 19.8 Å². The molecule has 276 valence electrons. The predicted molar refractivity (Wildman–Crippen MR) is 195 cm³/mol. The lowest BCUT2D eigenvalue weighted by molar-refractivity contribution is -0.430. The van der Waals surface area contributed by atoms with Crippen LogP contribution < -0.4 is 0 Å². The van der Waals surface area contributed by atoms with Crippen molar-refractivity contribution < 1.29 is 37.3 Å². The van der Waals surface area contributed by atoms with E-state index in [1.807, 2.05) is 27.7 Å². The molecule has 0 amide bonds. The molecule has 1 unspecified atom stereocenters. The molecule has 8 nitrogen and oxygen atoms in total. The molecule has 2 aliphatic rings. The Bertz CT molecular complexity index is 1030. The number of allylic oxidation sites excluding steroid dienone is 1. The van der Waals surface area contributed by atoms with E-state index >= 15 is 0 Å². The van der Waals surface area contributed by atoms with E-state index in [1.165, 1.54) is 5.57 Å². The molecule has 2 aliphatic heterocycles. The fraction of sp³-hybridized carbons (Fsp3) is 0.919. The summed E-state index contributed by atoms with van der Waals surface area (Å²) in [6.07, 6.45) is 4.02. The third-order valence-corrected chi connectivity index (χ3v) is 19.9. The Morgan fingerprint density at radius 1 is 1.00 bits per heavy atom. The second-order valence-electron chi connectivity index (χ2n) is 17.8. The summed E-state index contributed by atoms with van der Waals surface area (Å²) in [6.45, 7) is 38.4. The van der Waals surface area contributed by atoms with Crippen LogP contribution in [-0.2, 0) is 37.3 Å². The zero-order valence-electron chi connectivity index (χ0n) is 33.2. The normalized spacial score (nSPS) is 29.0. The summed E-state index contributed by atoms with van der Waals surface area (Å²) in [4.78, 5) is 12.5. The van der Waals surface area contributed by atoms with Gasteiger partial charge in [-0.3, -0.25) is 0 Å². The zero-order chi connectivity index (χ0) is 36.2. The van der Waals surface area contributed by atoms with E-state index in [1.54, 1.807) is 0 Å². The topological polar surface area (TPSA) is 81.7 Å². The van der Waals surface area contributed by atoms with E-state index in [0.29, 0.717) is 25.6 Å². The molecule has 0 aromatic rings. The first-order valence-electron chi connectivity index (χ1n) is 18.0. The van der Waals surface area contributed by atoms with Crippen LogP contribution in [0.3, 0.4) is 0 Å². The van der Waals surface area contributed by atoms with Gasteiger partial charge in [0.05, 0.1) is 18.8 Å². The molecule has 47 heavy (non-hydrogen) atoms. The lowest BCUT2D eigenvalue weighted by atomic mass is 9.80. The summed E-state index contributed by atoms with van der Waals surface area (Å²) < 4.78 is 45.3. The molecule has 2 heterocycles. The Labute approximate surface area is 290 Å². The van der Waals surface area contributed by atoms with Crippen LogP contribution in [0.2, 0.25) is 36.3 Å². The standard InChI is InChI=1S/C37H72O8Si2/c1-18-39-29(5)42-31-21-30(20-26(2)19-27(3)24-41-46(14,15)34(6,7)8)37(40-25-31)22-32(43-36(12,13)45-37)28(4)33(23-38)44-47(16,17)35(9,10)11/h20,23,27-33H,18-19,21-22,24-25H2,1-17H3/b26-20+/t27-,28+,29?,30-,31+,32-,33+,37+/m0/s1. The Balaban J connectivity index is 2.39. The molecule has 2 fully saturated rings. The molecule has 1 spiro atoms. The summed E-state index contributed by atoms with van der Waals surface area (Å²) in [5.41, 5.74) is 1.27. The van der Waals surface area contributed by atoms with Crippen LogP contribution >= 0.6 is 0 Å². The number of carbonyl (C=O) groups is 1. The molecule has 0 bridgehead atoms. The fourth-order valence-electron chi connectivity index (χ4n) is 6.06. The minimum atomic E-state index is -2.21. The summed E-state index contributed by atoms with van der Waals surface area (Å²) in [7, 11) is -4.04. The monoisotopic (exact) mass is 700 g/mol. The molecule has 2 rings (SSSR count). The summed E-state index contributed by atoms with van der Waals surface area (Å²) in [5, 5.41) is 0.155. The van der Waals surface area contributed by atoms with Crippen LogP contribution in [0.15, 0.2) is 11.6 Å². The number of carbonyl (C=O) groups excluding carboxylic acids is 1. The van der Waals surface area contributed by atoms with Gasteiger partial charge in [0.2, 0.25) is 0 Å². The van der Waals surface area contributed by atoms with Crippen LogP contribution in [0, 0.1) is 17.8 Å². The maximum atomic E-state index is 12.5. The highest BCUT2D eigenvalue weighted by Crippen LogP contribution is 2.48. The first kappa shape index (κ1) is 42.7. The van der Waals surface area contributed by atoms with Crippen molar-refractivity contribution in [2.24, 2.45) is 17.8 Å². The van der Waals surface area contributed by atoms with Crippen molar-refractivity contribution in [3.63, 3.8) is 0 Å². The Kier molecular flexibility index (Phi) is 14.8. The SMILES string of the molecule is CCOC(C)O[C@H]1CO[C@@]2(C[C@@H]([C@@H](C)[C@@H](C=O)O[Si](C)(C)C(C)(C)C)OC(C)(C)O2)[C@@H](/C=C(\C)C[C@H](C)CO[Si](C)(C)C(C)(C)C)C1. The van der Waals surface area contributed by atoms with E-state index in [2.05, 4.69) is 94.6 Å². The van der Waals surface area contributed by atoms with Gasteiger partial charge in [-0.1, -0.05) is 67.0 Å². The first-order chi connectivity index (χ1) is 21.3. The molecular weight excluding hydrogens is 629 g/mol. The second-order valence-corrected chi connectivity index (χ2v) is 27.4. The number of ether oxygens (including phenoxy) is 5. The van der Waals surface area contributed by atoms with Crippen molar-refractivity contribution in [1.82, 2.24) is 0 Å². The highest BCUT2D eigenvalue weighted by molar-refractivity contribution is 6.74. The van der Waals surface area contributed by atoms with Gasteiger partial charge < -0.3 is 37.3 Å². The van der Waals surface area contributed by atoms with Gasteiger partial charge in [-0.15, -0.1) is 0 Å². The average molecular weight is 701 g/mol. The molecule has 0 saturated carbocycles. The highest BCUT2D eigenvalue weighted by Gasteiger charge is 2.56. The van der Waals surface area contributed by atoms with Crippen molar-refractivity contribution >= 4 is 22.9 Å². The van der Waals surface area contributed by atoms with Gasteiger partial charge in [-0.2, -0.15) is 0 Å². The zero-order valence-corrected chi connectivity index (χ0v) is 35.2. The van der Waals surface area contributed by atoms with Crippen molar-refractivity contribution in [3.05, 3.63) is 11.6 Å². The number of rotatable bonds is 15. The van der Waals surface area contributed by atoms with Gasteiger partial charge >= 0.3 is 0 Å². The van der Waals surface area contributed by atoms with E-state index in [4.69, 9.17) is 32.5 Å². The van der Waals surface area contributed by atoms with Crippen LogP contribution in [0.25, 0.3) is 0 Å². The van der Waals surface area contributed by atoms with Gasteiger partial charge in [0, 0.05) is 31.5 Å². The molecule has 10 heteroatoms. The summed E-state index contributed by atoms with van der Waals surface area (Å²) >= 11 is 0. The Hall–Kier alpha value is -0.436. The van der Waals surface area contributed by atoms with Crippen molar-refractivity contribution in [3.8, 4) is 0 Å². The van der Waals surface area contributed by atoms with E-state index < -0.39 is 34.3 Å². The molecule has 0 aliphatic carbocycles. The number of hydrogen-bond acceptors (Lipinski definition) is 8. The average Bonchev–Trinajstić information content (AvgIpc) is 2.90. The molecule has 2 saturated heterocycles. The minimum Gasteiger partial charge on any atom is -0.417 e. The van der Waals surface area contributed by atoms with Crippen molar-refractivity contribution in [1.29, 1.82) is 0 Å². The van der Waals surface area contributed by atoms with Crippen LogP contribution in [0.5, 0.6) is 0 Å². The summed E-state index contributed by atoms with van der Waals surface area (Å²) in [5.74, 6) is -1.81. The largest absolute Gasteiger partial charge is 0.417 e. The van der Waals surface area contributed by atoms with Gasteiger partial charge in [0.25, 0.3) is 0 Å². The number of aldehydes is 1. The van der Waals surface area contributed by atoms with Gasteiger partial charge in [0.1, 0.15) is 12.4 Å². The third-order valence-electron chi connectivity index (χ3n) is 10.9. The van der Waals surface area contributed by atoms with Crippen LogP contribution in [-0.4, -0.2) is 78.9 Å². The third kappa shape index (κ3) is 11.8. The molecule has 0 N–H and O–H groups in total. The molecule has 0 aromatic heterocycles. The molecule has 0 aromatic carbocycles. The van der Waals surface area contributed by atoms with Gasteiger partial charge in [0.15, 0.2) is 34.5 Å². The van der Waals surface area contributed by atoms with Gasteiger partial charge in [-0.25, -0.2) is 0 Å². The van der Waals surface area contributed by atoms with Crippen LogP contribution in [0.1, 0.15) is 109 Å². The number of hydrogen-bond donors (Lipinski definition) is 0. The minimum absolute atomic E-state index is 0.0224. The molecular formula is C37H72O8Si2. The van der Waals surface area contributed by atoms with E-state index in [0.717, 1.165) is 25.7 Å². The maximum absolute atomic E-state index is 12.5. The first-order valence-corrected chi connectivity index (χ1v) is 23.8. The summed E-state index contributed by atoms with van der Waals surface area (Å²) in [6, 6.07) is 0. The molecule has 0 radical (unpaired) electrons. The molecule has 8 atom stereocenters. The smallest absolute Gasteiger partial charge is 0.193 e. The second kappa shape index (κ2) is 16.3. The predicted octanol–water partition coefficient (Wildman–Crippen LogP) is 9.25. The van der Waals surface area contributed by atoms with Crippen molar-refractivity contribution in [2.45, 2.75) is 182 Å². The highest BCUT2D eigenvalue weighted by atomic mass is 28.4. The van der Waals surface area contributed by atoms with E-state index in [-0.39, 0.29) is 40.4 Å². The van der Waals surface area contributed by atoms with Crippen LogP contribution in [0.4, 0.5) is 0 Å². The lowest BCUT2D eigenvalue weighted by Crippen LogP contribution is -2.62. The maximum Gasteiger partial charge on any atom is 0.193 e. The lowest BCUT2D eigenvalue weighted by Gasteiger charge is -2.55.